The third-order valence-electron chi connectivity index (χ3n) is 5.05. The van der Waals surface area contributed by atoms with E-state index in [-0.39, 0.29) is 24.0 Å². The molecule has 1 atom stereocenters. The smallest absolute Gasteiger partial charge is 0.193 e. The summed E-state index contributed by atoms with van der Waals surface area (Å²) >= 11 is 0. The molecule has 1 aliphatic heterocycles. The highest BCUT2D eigenvalue weighted by Gasteiger charge is 2.25. The van der Waals surface area contributed by atoms with Crippen LogP contribution in [0.5, 0.6) is 0 Å². The zero-order chi connectivity index (χ0) is 17.2. The summed E-state index contributed by atoms with van der Waals surface area (Å²) in [5.74, 6) is 1.70. The van der Waals surface area contributed by atoms with Crippen molar-refractivity contribution < 1.29 is 0 Å². The molecule has 1 aromatic rings. The molecule has 1 saturated heterocycles. The van der Waals surface area contributed by atoms with E-state index in [9.17, 15) is 0 Å². The summed E-state index contributed by atoms with van der Waals surface area (Å²) < 4.78 is 0. The van der Waals surface area contributed by atoms with Crippen LogP contribution in [0.4, 0.5) is 0 Å². The second-order valence-corrected chi connectivity index (χ2v) is 6.55. The lowest BCUT2D eigenvalue weighted by Crippen LogP contribution is -2.40. The summed E-state index contributed by atoms with van der Waals surface area (Å²) in [4.78, 5) is 9.37. The average molecular weight is 458 g/mol. The molecule has 1 aromatic carbocycles. The maximum Gasteiger partial charge on any atom is 0.193 e. The maximum absolute atomic E-state index is 4.48. The minimum atomic E-state index is 0. The van der Waals surface area contributed by atoms with Gasteiger partial charge in [0.25, 0.3) is 0 Å². The van der Waals surface area contributed by atoms with Gasteiger partial charge in [-0.2, -0.15) is 0 Å². The van der Waals surface area contributed by atoms with Gasteiger partial charge in [0.05, 0.1) is 0 Å². The van der Waals surface area contributed by atoms with Crippen molar-refractivity contribution >= 4 is 29.9 Å². The molecule has 142 valence electrons. The van der Waals surface area contributed by atoms with Crippen molar-refractivity contribution in [2.75, 3.05) is 46.3 Å². The first-order valence-corrected chi connectivity index (χ1v) is 9.51. The number of guanidine groups is 1. The topological polar surface area (TPSA) is 30.9 Å². The van der Waals surface area contributed by atoms with Crippen molar-refractivity contribution in [2.45, 2.75) is 39.0 Å². The fourth-order valence-electron chi connectivity index (χ4n) is 3.48. The molecule has 1 unspecified atom stereocenters. The molecule has 1 heterocycles. The minimum Gasteiger partial charge on any atom is -0.356 e. The number of hydrogen-bond donors (Lipinski definition) is 1. The number of likely N-dealkylation sites (tertiary alicyclic amines) is 1. The fraction of sp³-hybridized carbons (Fsp3) is 0.650. The number of benzene rings is 1. The van der Waals surface area contributed by atoms with Crippen LogP contribution in [0.25, 0.3) is 0 Å². The summed E-state index contributed by atoms with van der Waals surface area (Å²) in [6, 6.07) is 10.9. The molecule has 0 bridgehead atoms. The van der Waals surface area contributed by atoms with Crippen molar-refractivity contribution in [1.82, 2.24) is 15.1 Å². The standard InChI is InChI=1S/C20H34N4.HI/c1-4-23(5-2)15-10-9-14-22-20(21-3)24-16-13-19(17-24)18-11-7-6-8-12-18;/h6-8,11-12,19H,4-5,9-10,13-17H2,1-3H3,(H,21,22);1H. The highest BCUT2D eigenvalue weighted by Crippen LogP contribution is 2.26. The first-order chi connectivity index (χ1) is 11.8. The molecule has 1 fully saturated rings. The van der Waals surface area contributed by atoms with Gasteiger partial charge in [-0.05, 0) is 44.5 Å². The Labute approximate surface area is 171 Å². The fourth-order valence-corrected chi connectivity index (χ4v) is 3.48. The van der Waals surface area contributed by atoms with Gasteiger partial charge in [-0.1, -0.05) is 44.2 Å². The lowest BCUT2D eigenvalue weighted by molar-refractivity contribution is 0.297. The molecule has 1 aliphatic rings. The van der Waals surface area contributed by atoms with Crippen molar-refractivity contribution in [3.05, 3.63) is 35.9 Å². The Hall–Kier alpha value is -0.820. The Bertz CT molecular complexity index is 488. The highest BCUT2D eigenvalue weighted by molar-refractivity contribution is 14.0. The maximum atomic E-state index is 4.48. The number of rotatable bonds is 8. The van der Waals surface area contributed by atoms with Gasteiger partial charge in [0.1, 0.15) is 0 Å². The van der Waals surface area contributed by atoms with Crippen LogP contribution in [-0.2, 0) is 0 Å². The largest absolute Gasteiger partial charge is 0.356 e. The van der Waals surface area contributed by atoms with Gasteiger partial charge in [0, 0.05) is 32.6 Å². The normalized spacial score (nSPS) is 17.7. The van der Waals surface area contributed by atoms with E-state index in [1.807, 2.05) is 7.05 Å². The number of nitrogens with one attached hydrogen (secondary N) is 1. The van der Waals surface area contributed by atoms with Crippen LogP contribution < -0.4 is 5.32 Å². The molecule has 0 saturated carbocycles. The average Bonchev–Trinajstić information content (AvgIpc) is 3.12. The Kier molecular flexibility index (Phi) is 11.1. The van der Waals surface area contributed by atoms with Gasteiger partial charge in [-0.15, -0.1) is 24.0 Å². The number of unbranched alkanes of at least 4 members (excludes halogenated alkanes) is 1. The predicted molar refractivity (Wildman–Crippen MR) is 119 cm³/mol. The second kappa shape index (κ2) is 12.5. The van der Waals surface area contributed by atoms with Crippen LogP contribution in [-0.4, -0.2) is 62.1 Å². The van der Waals surface area contributed by atoms with E-state index in [1.165, 1.54) is 31.4 Å². The van der Waals surface area contributed by atoms with Crippen LogP contribution in [0.2, 0.25) is 0 Å². The highest BCUT2D eigenvalue weighted by atomic mass is 127. The van der Waals surface area contributed by atoms with E-state index in [1.54, 1.807) is 0 Å². The summed E-state index contributed by atoms with van der Waals surface area (Å²) in [6.07, 6.45) is 3.66. The SMILES string of the molecule is CCN(CC)CCCCNC(=NC)N1CCC(c2ccccc2)C1.I. The molecule has 0 spiro atoms. The van der Waals surface area contributed by atoms with Gasteiger partial charge in [-0.3, -0.25) is 4.99 Å². The third-order valence-corrected chi connectivity index (χ3v) is 5.05. The number of aliphatic imine (C=N–C) groups is 1. The van der Waals surface area contributed by atoms with Crippen molar-refractivity contribution in [1.29, 1.82) is 0 Å². The van der Waals surface area contributed by atoms with Crippen LogP contribution in [0.1, 0.15) is 44.6 Å². The molecule has 2 rings (SSSR count). The summed E-state index contributed by atoms with van der Waals surface area (Å²) in [7, 11) is 1.90. The van der Waals surface area contributed by atoms with Gasteiger partial charge in [0.2, 0.25) is 0 Å². The lowest BCUT2D eigenvalue weighted by atomic mass is 9.99. The van der Waals surface area contributed by atoms with E-state index in [2.05, 4.69) is 64.3 Å². The second-order valence-electron chi connectivity index (χ2n) is 6.55. The summed E-state index contributed by atoms with van der Waals surface area (Å²) in [6.45, 7) is 11.2. The zero-order valence-corrected chi connectivity index (χ0v) is 18.4. The molecule has 1 N–H and O–H groups in total. The molecule has 0 radical (unpaired) electrons. The van der Waals surface area contributed by atoms with Crippen molar-refractivity contribution in [2.24, 2.45) is 4.99 Å². The predicted octanol–water partition coefficient (Wildman–Crippen LogP) is 3.79. The minimum absolute atomic E-state index is 0. The van der Waals surface area contributed by atoms with Crippen molar-refractivity contribution in [3.8, 4) is 0 Å². The lowest BCUT2D eigenvalue weighted by Gasteiger charge is -2.22. The number of nitrogens with zero attached hydrogens (tertiary/aromatic N) is 3. The monoisotopic (exact) mass is 458 g/mol. The van der Waals surface area contributed by atoms with Crippen LogP contribution >= 0.6 is 24.0 Å². The third kappa shape index (κ3) is 7.13. The quantitative estimate of drug-likeness (QED) is 0.278. The summed E-state index contributed by atoms with van der Waals surface area (Å²) in [5.41, 5.74) is 1.45. The molecule has 25 heavy (non-hydrogen) atoms. The van der Waals surface area contributed by atoms with Crippen LogP contribution in [0, 0.1) is 0 Å². The van der Waals surface area contributed by atoms with Gasteiger partial charge >= 0.3 is 0 Å². The Morgan fingerprint density at radius 2 is 1.92 bits per heavy atom. The van der Waals surface area contributed by atoms with Gasteiger partial charge < -0.3 is 15.1 Å². The van der Waals surface area contributed by atoms with Gasteiger partial charge in [-0.25, -0.2) is 0 Å². The number of halogens is 1. The first-order valence-electron chi connectivity index (χ1n) is 9.51. The molecule has 4 nitrogen and oxygen atoms in total. The van der Waals surface area contributed by atoms with E-state index in [0.29, 0.717) is 5.92 Å². The molecular weight excluding hydrogens is 423 g/mol. The van der Waals surface area contributed by atoms with E-state index in [4.69, 9.17) is 0 Å². The van der Waals surface area contributed by atoms with Crippen LogP contribution in [0.15, 0.2) is 35.3 Å². The summed E-state index contributed by atoms with van der Waals surface area (Å²) in [5, 5.41) is 3.55. The van der Waals surface area contributed by atoms with E-state index >= 15 is 0 Å². The van der Waals surface area contributed by atoms with Gasteiger partial charge in [0.15, 0.2) is 5.96 Å². The first kappa shape index (κ1) is 22.2. The van der Waals surface area contributed by atoms with E-state index < -0.39 is 0 Å². The van der Waals surface area contributed by atoms with Crippen molar-refractivity contribution in [3.63, 3.8) is 0 Å². The molecule has 5 heteroatoms. The molecule has 0 amide bonds. The zero-order valence-electron chi connectivity index (χ0n) is 16.1. The molecule has 0 aliphatic carbocycles. The Morgan fingerprint density at radius 3 is 2.56 bits per heavy atom. The Morgan fingerprint density at radius 1 is 1.20 bits per heavy atom. The number of hydrogen-bond acceptors (Lipinski definition) is 2. The van der Waals surface area contributed by atoms with E-state index in [0.717, 1.165) is 38.7 Å². The Balaban J connectivity index is 0.00000312. The molecular formula is C20H35IN4. The molecule has 0 aromatic heterocycles. The van der Waals surface area contributed by atoms with Crippen LogP contribution in [0.3, 0.4) is 0 Å².